The Bertz CT molecular complexity index is 1010. The predicted molar refractivity (Wildman–Crippen MR) is 131 cm³/mol. The van der Waals surface area contributed by atoms with E-state index < -0.39 is 11.8 Å². The first-order valence-electron chi connectivity index (χ1n) is 11.4. The van der Waals surface area contributed by atoms with Crippen molar-refractivity contribution in [3.05, 3.63) is 77.0 Å². The fourth-order valence-electron chi connectivity index (χ4n) is 3.48. The Morgan fingerprint density at radius 2 is 1.82 bits per heavy atom. The van der Waals surface area contributed by atoms with Crippen LogP contribution in [0.4, 0.5) is 0 Å². The van der Waals surface area contributed by atoms with Crippen LogP contribution in [0.1, 0.15) is 54.6 Å². The van der Waals surface area contributed by atoms with Crippen LogP contribution in [0.15, 0.2) is 60.3 Å². The normalized spacial score (nSPS) is 13.6. The number of carbonyl (C=O) groups excluding carboxylic acids is 2. The minimum absolute atomic E-state index is 0.0982. The van der Waals surface area contributed by atoms with E-state index in [1.807, 2.05) is 24.3 Å². The molecule has 2 amide bonds. The van der Waals surface area contributed by atoms with Gasteiger partial charge in [0, 0.05) is 12.1 Å². The number of rotatable bonds is 10. The number of aliphatic hydroxyl groups excluding tert-OH is 1. The number of aliphatic hydroxyl groups is 1. The lowest BCUT2D eigenvalue weighted by Gasteiger charge is -2.12. The van der Waals surface area contributed by atoms with Crippen molar-refractivity contribution >= 4 is 23.5 Å². The van der Waals surface area contributed by atoms with Gasteiger partial charge in [0.2, 0.25) is 0 Å². The molecular weight excluding hydrogens is 416 g/mol. The fraction of sp³-hybridized carbons (Fsp3) is 0.333. The first-order chi connectivity index (χ1) is 16.0. The molecule has 0 atom stereocenters. The molecule has 6 nitrogen and oxygen atoms in total. The summed E-state index contributed by atoms with van der Waals surface area (Å²) >= 11 is 0. The molecule has 0 fully saturated rings. The van der Waals surface area contributed by atoms with Crippen molar-refractivity contribution in [1.29, 1.82) is 0 Å². The van der Waals surface area contributed by atoms with Crippen LogP contribution in [-0.4, -0.2) is 36.7 Å². The summed E-state index contributed by atoms with van der Waals surface area (Å²) in [6, 6.07) is 14.7. The van der Waals surface area contributed by atoms with E-state index in [2.05, 4.69) is 30.6 Å². The van der Waals surface area contributed by atoms with Gasteiger partial charge in [-0.2, -0.15) is 0 Å². The van der Waals surface area contributed by atoms with Crippen LogP contribution in [0.25, 0.3) is 11.6 Å². The third-order valence-electron chi connectivity index (χ3n) is 5.22. The van der Waals surface area contributed by atoms with Crippen molar-refractivity contribution in [2.75, 3.05) is 19.8 Å². The Morgan fingerprint density at radius 1 is 1.09 bits per heavy atom. The molecule has 0 saturated heterocycles. The molecule has 6 heteroatoms. The fourth-order valence-corrected chi connectivity index (χ4v) is 3.48. The van der Waals surface area contributed by atoms with E-state index in [9.17, 15) is 9.59 Å². The van der Waals surface area contributed by atoms with Crippen LogP contribution in [-0.2, 0) is 4.79 Å². The predicted octanol–water partition coefficient (Wildman–Crippen LogP) is 4.17. The van der Waals surface area contributed by atoms with E-state index in [-0.39, 0.29) is 18.8 Å². The molecule has 1 aliphatic rings. The van der Waals surface area contributed by atoms with Gasteiger partial charge < -0.3 is 20.5 Å². The molecule has 0 heterocycles. The van der Waals surface area contributed by atoms with Gasteiger partial charge in [-0.25, -0.2) is 0 Å². The van der Waals surface area contributed by atoms with Crippen molar-refractivity contribution < 1.29 is 19.4 Å². The smallest absolute Gasteiger partial charge is 0.267 e. The van der Waals surface area contributed by atoms with Gasteiger partial charge in [-0.05, 0) is 72.2 Å². The molecule has 0 spiro atoms. The van der Waals surface area contributed by atoms with Gasteiger partial charge >= 0.3 is 0 Å². The van der Waals surface area contributed by atoms with Gasteiger partial charge in [-0.1, -0.05) is 44.2 Å². The number of hydrogen-bond acceptors (Lipinski definition) is 4. The monoisotopic (exact) mass is 448 g/mol. The number of carbonyl (C=O) groups is 2. The lowest BCUT2D eigenvalue weighted by Crippen LogP contribution is -2.36. The van der Waals surface area contributed by atoms with E-state index in [0.717, 1.165) is 18.4 Å². The zero-order valence-corrected chi connectivity index (χ0v) is 19.3. The third kappa shape index (κ3) is 7.32. The maximum Gasteiger partial charge on any atom is 0.267 e. The maximum absolute atomic E-state index is 12.8. The highest BCUT2D eigenvalue weighted by molar-refractivity contribution is 6.05. The van der Waals surface area contributed by atoms with Gasteiger partial charge in [-0.15, -0.1) is 0 Å². The Morgan fingerprint density at radius 3 is 2.42 bits per heavy atom. The minimum atomic E-state index is -0.461. The van der Waals surface area contributed by atoms with Gasteiger partial charge in [0.15, 0.2) is 0 Å². The zero-order valence-electron chi connectivity index (χ0n) is 19.3. The lowest BCUT2D eigenvalue weighted by molar-refractivity contribution is -0.117. The number of hydrogen-bond donors (Lipinski definition) is 3. The molecule has 0 aromatic heterocycles. The van der Waals surface area contributed by atoms with Crippen molar-refractivity contribution in [2.45, 2.75) is 33.1 Å². The number of amides is 2. The molecule has 0 radical (unpaired) electrons. The molecule has 3 rings (SSSR count). The van der Waals surface area contributed by atoms with E-state index >= 15 is 0 Å². The topological polar surface area (TPSA) is 87.7 Å². The lowest BCUT2D eigenvalue weighted by atomic mass is 10.0. The quantitative estimate of drug-likeness (QED) is 0.476. The molecular formula is C27H32N2O4. The second-order valence-corrected chi connectivity index (χ2v) is 8.46. The Balaban J connectivity index is 1.74. The molecule has 2 aromatic carbocycles. The van der Waals surface area contributed by atoms with Gasteiger partial charge in [0.1, 0.15) is 11.4 Å². The third-order valence-corrected chi connectivity index (χ3v) is 5.22. The number of ether oxygens (including phenoxy) is 1. The Kier molecular flexibility index (Phi) is 8.84. The highest BCUT2D eigenvalue weighted by Gasteiger charge is 2.15. The average molecular weight is 449 g/mol. The molecule has 0 bridgehead atoms. The van der Waals surface area contributed by atoms with Crippen molar-refractivity contribution in [2.24, 2.45) is 5.92 Å². The Hall–Kier alpha value is -3.38. The zero-order chi connectivity index (χ0) is 23.6. The average Bonchev–Trinajstić information content (AvgIpc) is 3.36. The number of benzene rings is 2. The summed E-state index contributed by atoms with van der Waals surface area (Å²) in [6.07, 6.45) is 7.28. The Labute approximate surface area is 195 Å². The number of allylic oxidation sites excluding steroid dienone is 2. The maximum atomic E-state index is 12.8. The molecule has 0 aliphatic heterocycles. The summed E-state index contributed by atoms with van der Waals surface area (Å²) in [5.41, 5.74) is 3.85. The highest BCUT2D eigenvalue weighted by Crippen LogP contribution is 2.27. The van der Waals surface area contributed by atoms with Crippen LogP contribution in [0, 0.1) is 5.92 Å². The summed E-state index contributed by atoms with van der Waals surface area (Å²) in [5, 5.41) is 14.4. The molecule has 2 aromatic rings. The van der Waals surface area contributed by atoms with E-state index in [0.29, 0.717) is 23.8 Å². The van der Waals surface area contributed by atoms with Crippen molar-refractivity contribution in [3.63, 3.8) is 0 Å². The summed E-state index contributed by atoms with van der Waals surface area (Å²) in [6.45, 7) is 4.64. The van der Waals surface area contributed by atoms with E-state index in [1.54, 1.807) is 30.3 Å². The van der Waals surface area contributed by atoms with Crippen LogP contribution in [0.5, 0.6) is 5.75 Å². The first kappa shape index (κ1) is 24.3. The molecule has 1 aliphatic carbocycles. The summed E-state index contributed by atoms with van der Waals surface area (Å²) in [5.74, 6) is 0.233. The first-order valence-corrected chi connectivity index (χ1v) is 11.4. The SMILES string of the molecule is CC(C)COc1ccc(C(=O)N/C(=C\c2ccc(C3=CCCC3)cc2)C(=O)NCCO)cc1. The number of nitrogens with one attached hydrogen (secondary N) is 2. The van der Waals surface area contributed by atoms with Crippen LogP contribution in [0.3, 0.4) is 0 Å². The molecule has 3 N–H and O–H groups in total. The van der Waals surface area contributed by atoms with Crippen LogP contribution in [0.2, 0.25) is 0 Å². The second-order valence-electron chi connectivity index (χ2n) is 8.46. The second kappa shape index (κ2) is 12.0. The van der Waals surface area contributed by atoms with Crippen LogP contribution >= 0.6 is 0 Å². The van der Waals surface area contributed by atoms with E-state index in [4.69, 9.17) is 9.84 Å². The van der Waals surface area contributed by atoms with Gasteiger partial charge in [0.05, 0.1) is 13.2 Å². The van der Waals surface area contributed by atoms with Gasteiger partial charge in [-0.3, -0.25) is 9.59 Å². The molecule has 0 unspecified atom stereocenters. The van der Waals surface area contributed by atoms with E-state index in [1.165, 1.54) is 17.6 Å². The van der Waals surface area contributed by atoms with Gasteiger partial charge in [0.25, 0.3) is 11.8 Å². The van der Waals surface area contributed by atoms with Crippen molar-refractivity contribution in [1.82, 2.24) is 10.6 Å². The van der Waals surface area contributed by atoms with Crippen LogP contribution < -0.4 is 15.4 Å². The molecule has 33 heavy (non-hydrogen) atoms. The highest BCUT2D eigenvalue weighted by atomic mass is 16.5. The summed E-state index contributed by atoms with van der Waals surface area (Å²) < 4.78 is 5.66. The molecule has 174 valence electrons. The largest absolute Gasteiger partial charge is 0.493 e. The summed E-state index contributed by atoms with van der Waals surface area (Å²) in [7, 11) is 0. The summed E-state index contributed by atoms with van der Waals surface area (Å²) in [4.78, 5) is 25.4. The minimum Gasteiger partial charge on any atom is -0.493 e. The van der Waals surface area contributed by atoms with Crippen molar-refractivity contribution in [3.8, 4) is 5.75 Å². The standard InChI is InChI=1S/C27H32N2O4/c1-19(2)18-33-24-13-11-23(12-14-24)26(31)29-25(27(32)28-15-16-30)17-20-7-9-22(10-8-20)21-5-3-4-6-21/h5,7-14,17,19,30H,3-4,6,15-16,18H2,1-2H3,(H,28,32)(H,29,31)/b25-17-. The molecule has 0 saturated carbocycles.